The first-order chi connectivity index (χ1) is 20.9. The van der Waals surface area contributed by atoms with Crippen LogP contribution in [0, 0.1) is 11.3 Å². The summed E-state index contributed by atoms with van der Waals surface area (Å²) in [5.74, 6) is -1.42. The highest BCUT2D eigenvalue weighted by Gasteiger charge is 2.53. The molecule has 0 N–H and O–H groups in total. The standard InChI is InChI=1S/C31H40F3N3O6S/c1-4-40-25(38)18-23-24(14-9-20(19-35)27(23)31(32,33)34)36-28(39)30(2,3)37(29(36)44)21-10-12-22(13-11-21)41-16-7-17-43-26-8-5-6-15-42-26/h9,14,21-22,26H,4-8,10-13,15-18H2,1-3H3. The molecule has 3 aliphatic rings. The average molecular weight is 640 g/mol. The lowest BCUT2D eigenvalue weighted by Gasteiger charge is -2.40. The third-order valence-electron chi connectivity index (χ3n) is 8.38. The van der Waals surface area contributed by atoms with Gasteiger partial charge in [-0.15, -0.1) is 0 Å². The van der Waals surface area contributed by atoms with E-state index in [1.807, 2.05) is 0 Å². The van der Waals surface area contributed by atoms with Crippen LogP contribution in [0.25, 0.3) is 0 Å². The summed E-state index contributed by atoms with van der Waals surface area (Å²) in [6, 6.07) is 3.69. The van der Waals surface area contributed by atoms with Gasteiger partial charge in [-0.1, -0.05) is 0 Å². The number of amides is 1. The summed E-state index contributed by atoms with van der Waals surface area (Å²) in [6.07, 6.45) is 0.881. The van der Waals surface area contributed by atoms with E-state index in [0.29, 0.717) is 26.1 Å². The molecule has 242 valence electrons. The lowest BCUT2D eigenvalue weighted by molar-refractivity contribution is -0.164. The molecule has 1 aliphatic carbocycles. The number of rotatable bonds is 11. The van der Waals surface area contributed by atoms with Crippen molar-refractivity contribution >= 4 is 34.9 Å². The van der Waals surface area contributed by atoms with Crippen molar-refractivity contribution in [2.75, 3.05) is 31.3 Å². The maximum absolute atomic E-state index is 14.3. The summed E-state index contributed by atoms with van der Waals surface area (Å²) in [6.45, 7) is 6.76. The molecule has 1 aromatic carbocycles. The van der Waals surface area contributed by atoms with Crippen LogP contribution in [0.2, 0.25) is 0 Å². The molecular weight excluding hydrogens is 599 g/mol. The summed E-state index contributed by atoms with van der Waals surface area (Å²) in [5, 5.41) is 9.52. The Morgan fingerprint density at radius 1 is 1.14 bits per heavy atom. The summed E-state index contributed by atoms with van der Waals surface area (Å²) in [7, 11) is 0. The van der Waals surface area contributed by atoms with Gasteiger partial charge < -0.3 is 23.8 Å². The Morgan fingerprint density at radius 3 is 2.45 bits per heavy atom. The molecule has 2 heterocycles. The lowest BCUT2D eigenvalue weighted by Crippen LogP contribution is -2.51. The molecule has 1 atom stereocenters. The maximum atomic E-state index is 14.3. The van der Waals surface area contributed by atoms with E-state index in [4.69, 9.17) is 31.2 Å². The first kappa shape index (κ1) is 34.1. The molecule has 2 saturated heterocycles. The summed E-state index contributed by atoms with van der Waals surface area (Å²) >= 11 is 5.77. The number of ether oxygens (including phenoxy) is 4. The quantitative estimate of drug-likeness (QED) is 0.173. The number of alkyl halides is 3. The van der Waals surface area contributed by atoms with Crippen molar-refractivity contribution in [2.24, 2.45) is 0 Å². The molecule has 0 spiro atoms. The van der Waals surface area contributed by atoms with Gasteiger partial charge in [-0.2, -0.15) is 18.4 Å². The predicted octanol–water partition coefficient (Wildman–Crippen LogP) is 5.66. The van der Waals surface area contributed by atoms with Gasteiger partial charge in [-0.05, 0) is 96.5 Å². The number of carbonyl (C=O) groups is 2. The first-order valence-corrected chi connectivity index (χ1v) is 15.6. The smallest absolute Gasteiger partial charge is 0.418 e. The summed E-state index contributed by atoms with van der Waals surface area (Å²) < 4.78 is 65.2. The normalized spacial score (nSPS) is 24.0. The number of thiocarbonyl (C=S) groups is 1. The fourth-order valence-electron chi connectivity index (χ4n) is 6.27. The van der Waals surface area contributed by atoms with Gasteiger partial charge in [0, 0.05) is 24.8 Å². The van der Waals surface area contributed by atoms with Crippen molar-refractivity contribution in [1.29, 1.82) is 5.26 Å². The Bertz CT molecular complexity index is 1250. The molecule has 0 bridgehead atoms. The van der Waals surface area contributed by atoms with E-state index in [9.17, 15) is 28.0 Å². The minimum Gasteiger partial charge on any atom is -0.466 e. The molecule has 2 aliphatic heterocycles. The van der Waals surface area contributed by atoms with Crippen LogP contribution in [0.15, 0.2) is 12.1 Å². The Hall–Kier alpha value is -2.79. The molecule has 1 unspecified atom stereocenters. The van der Waals surface area contributed by atoms with E-state index >= 15 is 0 Å². The molecule has 0 aromatic heterocycles. The molecule has 3 fully saturated rings. The minimum atomic E-state index is -4.96. The molecular formula is C31H40F3N3O6S. The Morgan fingerprint density at radius 2 is 1.84 bits per heavy atom. The zero-order valence-electron chi connectivity index (χ0n) is 25.4. The van der Waals surface area contributed by atoms with E-state index < -0.39 is 46.7 Å². The second kappa shape index (κ2) is 14.5. The summed E-state index contributed by atoms with van der Waals surface area (Å²) in [4.78, 5) is 29.2. The van der Waals surface area contributed by atoms with Crippen LogP contribution in [0.5, 0.6) is 0 Å². The fourth-order valence-corrected chi connectivity index (χ4v) is 6.83. The topological polar surface area (TPSA) is 101 Å². The highest BCUT2D eigenvalue weighted by atomic mass is 32.1. The highest BCUT2D eigenvalue weighted by molar-refractivity contribution is 7.80. The van der Waals surface area contributed by atoms with E-state index in [1.54, 1.807) is 24.8 Å². The number of nitriles is 1. The van der Waals surface area contributed by atoms with Crippen molar-refractivity contribution in [1.82, 2.24) is 4.90 Å². The van der Waals surface area contributed by atoms with Crippen molar-refractivity contribution < 1.29 is 41.7 Å². The van der Waals surface area contributed by atoms with Crippen LogP contribution >= 0.6 is 12.2 Å². The van der Waals surface area contributed by atoms with Crippen LogP contribution < -0.4 is 4.90 Å². The van der Waals surface area contributed by atoms with Crippen molar-refractivity contribution in [3.8, 4) is 6.07 Å². The molecule has 1 saturated carbocycles. The molecule has 0 radical (unpaired) electrons. The van der Waals surface area contributed by atoms with Crippen molar-refractivity contribution in [3.05, 3.63) is 28.8 Å². The second-order valence-electron chi connectivity index (χ2n) is 11.8. The Labute approximate surface area is 261 Å². The largest absolute Gasteiger partial charge is 0.466 e. The van der Waals surface area contributed by atoms with Gasteiger partial charge in [0.25, 0.3) is 5.91 Å². The maximum Gasteiger partial charge on any atom is 0.418 e. The second-order valence-corrected chi connectivity index (χ2v) is 12.1. The number of carbonyl (C=O) groups excluding carboxylic acids is 2. The molecule has 9 nitrogen and oxygen atoms in total. The van der Waals surface area contributed by atoms with Crippen molar-refractivity contribution in [3.63, 3.8) is 0 Å². The third-order valence-corrected chi connectivity index (χ3v) is 8.76. The average Bonchev–Trinajstić information content (AvgIpc) is 3.15. The van der Waals surface area contributed by atoms with Crippen LogP contribution in [0.1, 0.15) is 88.8 Å². The summed E-state index contributed by atoms with van der Waals surface area (Å²) in [5.41, 5.74) is -3.76. The number of halogens is 3. The van der Waals surface area contributed by atoms with Gasteiger partial charge in [-0.25, -0.2) is 0 Å². The van der Waals surface area contributed by atoms with Crippen molar-refractivity contribution in [2.45, 2.75) is 109 Å². The van der Waals surface area contributed by atoms with Gasteiger partial charge >= 0.3 is 12.1 Å². The third kappa shape index (κ3) is 7.53. The number of esters is 1. The molecule has 1 aromatic rings. The van der Waals surface area contributed by atoms with Crippen LogP contribution in [-0.4, -0.2) is 72.3 Å². The number of hydrogen-bond acceptors (Lipinski definition) is 8. The van der Waals surface area contributed by atoms with Gasteiger partial charge in [0.15, 0.2) is 11.4 Å². The zero-order valence-corrected chi connectivity index (χ0v) is 26.2. The van der Waals surface area contributed by atoms with E-state index in [-0.39, 0.29) is 35.8 Å². The van der Waals surface area contributed by atoms with Gasteiger partial charge in [-0.3, -0.25) is 14.5 Å². The van der Waals surface area contributed by atoms with Crippen LogP contribution in [0.4, 0.5) is 18.9 Å². The molecule has 44 heavy (non-hydrogen) atoms. The SMILES string of the molecule is CCOC(=O)Cc1c(N2C(=O)C(C)(C)N(C3CCC(OCCCOC4CCCCO4)CC3)C2=S)ccc(C#N)c1C(F)(F)F. The fraction of sp³-hybridized carbons (Fsp3) is 0.677. The number of anilines is 1. The van der Waals surface area contributed by atoms with E-state index in [0.717, 1.165) is 56.1 Å². The van der Waals surface area contributed by atoms with E-state index in [1.165, 1.54) is 13.0 Å². The van der Waals surface area contributed by atoms with Gasteiger partial charge in [0.1, 0.15) is 5.54 Å². The van der Waals surface area contributed by atoms with Crippen LogP contribution in [-0.2, 0) is 41.1 Å². The number of benzene rings is 1. The zero-order chi connectivity index (χ0) is 32.1. The lowest BCUT2D eigenvalue weighted by atomic mass is 9.89. The highest BCUT2D eigenvalue weighted by Crippen LogP contribution is 2.43. The van der Waals surface area contributed by atoms with E-state index in [2.05, 4.69) is 0 Å². The van der Waals surface area contributed by atoms with Gasteiger partial charge in [0.05, 0.1) is 48.6 Å². The number of nitrogens with zero attached hydrogens (tertiary/aromatic N) is 3. The van der Waals surface area contributed by atoms with Gasteiger partial charge in [0.2, 0.25) is 0 Å². The Balaban J connectivity index is 1.46. The number of hydrogen-bond donors (Lipinski definition) is 0. The Kier molecular flexibility index (Phi) is 11.3. The monoisotopic (exact) mass is 639 g/mol. The minimum absolute atomic E-state index is 0.0368. The molecule has 4 rings (SSSR count). The first-order valence-electron chi connectivity index (χ1n) is 15.2. The van der Waals surface area contributed by atoms with Crippen LogP contribution in [0.3, 0.4) is 0 Å². The molecule has 1 amide bonds. The molecule has 13 heteroatoms. The predicted molar refractivity (Wildman–Crippen MR) is 159 cm³/mol.